The second-order valence-electron chi connectivity index (χ2n) is 5.59. The molecule has 0 aliphatic carbocycles. The molecule has 2 aromatic carbocycles. The monoisotopic (exact) mass is 336 g/mol. The minimum absolute atomic E-state index is 0.389. The van der Waals surface area contributed by atoms with E-state index in [9.17, 15) is 14.9 Å². The van der Waals surface area contributed by atoms with Crippen LogP contribution in [0.4, 0.5) is 5.69 Å². The van der Waals surface area contributed by atoms with Gasteiger partial charge in [-0.05, 0) is 44.0 Å². The van der Waals surface area contributed by atoms with Gasteiger partial charge >= 0.3 is 0 Å². The average Bonchev–Trinajstić information content (AvgIpc) is 2.60. The molecule has 25 heavy (non-hydrogen) atoms. The number of ether oxygens (including phenoxy) is 1. The topological polar surface area (TPSA) is 79.2 Å². The maximum atomic E-state index is 12.7. The highest BCUT2D eigenvalue weighted by Crippen LogP contribution is 2.25. The second-order valence-corrected chi connectivity index (χ2v) is 5.59. The van der Waals surface area contributed by atoms with Crippen molar-refractivity contribution in [3.8, 4) is 11.8 Å². The van der Waals surface area contributed by atoms with Crippen molar-refractivity contribution in [2.45, 2.75) is 20.8 Å². The highest BCUT2D eigenvalue weighted by molar-refractivity contribution is 6.16. The van der Waals surface area contributed by atoms with Crippen molar-refractivity contribution in [3.63, 3.8) is 0 Å². The van der Waals surface area contributed by atoms with E-state index in [4.69, 9.17) is 4.74 Å². The Morgan fingerprint density at radius 3 is 2.56 bits per heavy atom. The van der Waals surface area contributed by atoms with Crippen LogP contribution < -0.4 is 10.1 Å². The summed E-state index contributed by atoms with van der Waals surface area (Å²) in [7, 11) is 0. The summed E-state index contributed by atoms with van der Waals surface area (Å²) in [5.41, 5.74) is 2.53. The molecule has 0 radical (unpaired) electrons. The summed E-state index contributed by atoms with van der Waals surface area (Å²) >= 11 is 0. The van der Waals surface area contributed by atoms with Crippen LogP contribution >= 0.6 is 0 Å². The van der Waals surface area contributed by atoms with Gasteiger partial charge in [0.15, 0.2) is 11.7 Å². The van der Waals surface area contributed by atoms with Gasteiger partial charge in [0.05, 0.1) is 18.4 Å². The van der Waals surface area contributed by atoms with Crippen LogP contribution in [0.5, 0.6) is 5.75 Å². The fourth-order valence-electron chi connectivity index (χ4n) is 2.47. The first-order valence-electron chi connectivity index (χ1n) is 8.02. The summed E-state index contributed by atoms with van der Waals surface area (Å²) in [4.78, 5) is 25.2. The van der Waals surface area contributed by atoms with Crippen molar-refractivity contribution < 1.29 is 14.3 Å². The molecule has 0 heterocycles. The molecular weight excluding hydrogens is 316 g/mol. The number of amides is 1. The predicted octanol–water partition coefficient (Wildman–Crippen LogP) is 3.66. The van der Waals surface area contributed by atoms with E-state index >= 15 is 0 Å². The summed E-state index contributed by atoms with van der Waals surface area (Å²) in [5.74, 6) is -2.10. The zero-order chi connectivity index (χ0) is 18.4. The third-order valence-electron chi connectivity index (χ3n) is 3.97. The molecule has 0 saturated carbocycles. The lowest BCUT2D eigenvalue weighted by atomic mass is 9.92. The maximum absolute atomic E-state index is 12.7. The number of carbonyl (C=O) groups is 2. The van der Waals surface area contributed by atoms with Gasteiger partial charge in [0.1, 0.15) is 5.75 Å². The highest BCUT2D eigenvalue weighted by Gasteiger charge is 2.29. The maximum Gasteiger partial charge on any atom is 0.249 e. The Hall–Kier alpha value is -3.13. The Kier molecular flexibility index (Phi) is 5.91. The van der Waals surface area contributed by atoms with Crippen LogP contribution in [0, 0.1) is 31.1 Å². The van der Waals surface area contributed by atoms with Crippen LogP contribution in [0.2, 0.25) is 0 Å². The molecule has 0 aromatic heterocycles. The molecule has 0 bridgehead atoms. The van der Waals surface area contributed by atoms with Gasteiger partial charge in [0, 0.05) is 5.56 Å². The van der Waals surface area contributed by atoms with Crippen molar-refractivity contribution in [1.82, 2.24) is 0 Å². The number of nitriles is 1. The molecule has 1 N–H and O–H groups in total. The zero-order valence-electron chi connectivity index (χ0n) is 14.5. The van der Waals surface area contributed by atoms with Crippen molar-refractivity contribution in [3.05, 3.63) is 59.2 Å². The number of benzene rings is 2. The average molecular weight is 336 g/mol. The van der Waals surface area contributed by atoms with Crippen molar-refractivity contribution >= 4 is 17.4 Å². The van der Waals surface area contributed by atoms with E-state index in [1.807, 2.05) is 26.0 Å². The zero-order valence-corrected chi connectivity index (χ0v) is 14.5. The lowest BCUT2D eigenvalue weighted by Crippen LogP contribution is -2.29. The van der Waals surface area contributed by atoms with Gasteiger partial charge in [-0.1, -0.05) is 30.3 Å². The summed E-state index contributed by atoms with van der Waals surface area (Å²) in [5, 5.41) is 12.0. The van der Waals surface area contributed by atoms with Crippen LogP contribution in [0.3, 0.4) is 0 Å². The number of hydrogen-bond donors (Lipinski definition) is 1. The molecule has 0 aliphatic rings. The lowest BCUT2D eigenvalue weighted by Gasteiger charge is -2.14. The largest absolute Gasteiger partial charge is 0.492 e. The normalized spacial score (nSPS) is 11.3. The number of Topliss-reactive ketones (excluding diaryl/α,β-unsaturated/α-hetero) is 1. The minimum Gasteiger partial charge on any atom is -0.492 e. The number of hydrogen-bond acceptors (Lipinski definition) is 4. The van der Waals surface area contributed by atoms with Crippen molar-refractivity contribution in [1.29, 1.82) is 5.26 Å². The van der Waals surface area contributed by atoms with Gasteiger partial charge < -0.3 is 10.1 Å². The predicted molar refractivity (Wildman–Crippen MR) is 95.6 cm³/mol. The van der Waals surface area contributed by atoms with Crippen molar-refractivity contribution in [2.24, 2.45) is 5.92 Å². The van der Waals surface area contributed by atoms with Crippen molar-refractivity contribution in [2.75, 3.05) is 11.9 Å². The highest BCUT2D eigenvalue weighted by atomic mass is 16.5. The number of aryl methyl sites for hydroxylation is 1. The number of carbonyl (C=O) groups excluding carboxylic acids is 2. The summed E-state index contributed by atoms with van der Waals surface area (Å²) in [6, 6.07) is 14.0. The molecule has 0 saturated heterocycles. The molecule has 1 unspecified atom stereocenters. The number of ketones is 1. The number of para-hydroxylation sites is 2. The molecule has 1 amide bonds. The Balaban J connectivity index is 2.26. The van der Waals surface area contributed by atoms with E-state index in [0.29, 0.717) is 23.6 Å². The first-order valence-corrected chi connectivity index (χ1v) is 8.02. The smallest absolute Gasteiger partial charge is 0.249 e. The molecule has 128 valence electrons. The minimum atomic E-state index is -1.42. The first kappa shape index (κ1) is 18.2. The fourth-order valence-corrected chi connectivity index (χ4v) is 2.47. The molecule has 5 nitrogen and oxygen atoms in total. The molecule has 0 fully saturated rings. The number of anilines is 1. The Labute approximate surface area is 147 Å². The molecule has 2 rings (SSSR count). The molecule has 5 heteroatoms. The molecule has 2 aromatic rings. The van der Waals surface area contributed by atoms with E-state index in [1.165, 1.54) is 0 Å². The van der Waals surface area contributed by atoms with Gasteiger partial charge in [-0.25, -0.2) is 0 Å². The molecule has 0 aliphatic heterocycles. The van der Waals surface area contributed by atoms with Gasteiger partial charge in [-0.15, -0.1) is 0 Å². The molecule has 1 atom stereocenters. The Morgan fingerprint density at radius 1 is 1.16 bits per heavy atom. The number of nitrogens with zero attached hydrogens (tertiary/aromatic N) is 1. The Morgan fingerprint density at radius 2 is 1.88 bits per heavy atom. The van der Waals surface area contributed by atoms with E-state index in [2.05, 4.69) is 5.32 Å². The van der Waals surface area contributed by atoms with Gasteiger partial charge in [-0.3, -0.25) is 9.59 Å². The van der Waals surface area contributed by atoms with Gasteiger partial charge in [0.25, 0.3) is 0 Å². The van der Waals surface area contributed by atoms with E-state index < -0.39 is 17.6 Å². The van der Waals surface area contributed by atoms with E-state index in [0.717, 1.165) is 11.1 Å². The summed E-state index contributed by atoms with van der Waals surface area (Å²) in [6.07, 6.45) is 0. The van der Waals surface area contributed by atoms with Crippen LogP contribution in [0.25, 0.3) is 0 Å². The first-order chi connectivity index (χ1) is 12.0. The second kappa shape index (κ2) is 8.11. The van der Waals surface area contributed by atoms with Crippen LogP contribution in [-0.2, 0) is 4.79 Å². The van der Waals surface area contributed by atoms with Gasteiger partial charge in [-0.2, -0.15) is 5.26 Å². The SMILES string of the molecule is CCOc1ccccc1NC(=O)C(C#N)C(=O)c1cccc(C)c1C. The molecular formula is C20H20N2O3. The number of rotatable bonds is 6. The summed E-state index contributed by atoms with van der Waals surface area (Å²) < 4.78 is 5.45. The van der Waals surface area contributed by atoms with Crippen LogP contribution in [0.1, 0.15) is 28.4 Å². The Bertz CT molecular complexity index is 837. The van der Waals surface area contributed by atoms with E-state index in [1.54, 1.807) is 43.3 Å². The lowest BCUT2D eigenvalue weighted by molar-refractivity contribution is -0.117. The van der Waals surface area contributed by atoms with Crippen LogP contribution in [-0.4, -0.2) is 18.3 Å². The van der Waals surface area contributed by atoms with Gasteiger partial charge in [0.2, 0.25) is 5.91 Å². The molecule has 0 spiro atoms. The number of nitrogens with one attached hydrogen (secondary N) is 1. The van der Waals surface area contributed by atoms with Crippen LogP contribution in [0.15, 0.2) is 42.5 Å². The third-order valence-corrected chi connectivity index (χ3v) is 3.97. The standard InChI is InChI=1S/C20H20N2O3/c1-4-25-18-11-6-5-10-17(18)22-20(24)16(12-21)19(23)15-9-7-8-13(2)14(15)3/h5-11,16H,4H2,1-3H3,(H,22,24). The van der Waals surface area contributed by atoms with E-state index in [-0.39, 0.29) is 0 Å². The summed E-state index contributed by atoms with van der Waals surface area (Å²) in [6.45, 7) is 5.96. The quantitative estimate of drug-likeness (QED) is 0.645. The third kappa shape index (κ3) is 4.04. The fraction of sp³-hybridized carbons (Fsp3) is 0.250.